The van der Waals surface area contributed by atoms with E-state index in [0.29, 0.717) is 18.8 Å². The van der Waals surface area contributed by atoms with Crippen LogP contribution in [0.1, 0.15) is 28.7 Å². The van der Waals surface area contributed by atoms with Gasteiger partial charge in [-0.15, -0.1) is 0 Å². The molecule has 152 valence electrons. The summed E-state index contributed by atoms with van der Waals surface area (Å²) in [6.45, 7) is 4.94. The van der Waals surface area contributed by atoms with Gasteiger partial charge in [-0.25, -0.2) is 9.18 Å². The molecule has 2 aromatic rings. The number of carbonyl (C=O) groups excluding carboxylic acids is 2. The number of fused-ring (bicyclic) bond motifs is 1. The fourth-order valence-corrected chi connectivity index (χ4v) is 4.28. The van der Waals surface area contributed by atoms with Crippen molar-refractivity contribution in [1.82, 2.24) is 9.80 Å². The third-order valence-electron chi connectivity index (χ3n) is 5.86. The highest BCUT2D eigenvalue weighted by atomic mass is 19.1. The molecule has 2 aliphatic rings. The van der Waals surface area contributed by atoms with Crippen molar-refractivity contribution < 1.29 is 14.0 Å². The molecule has 5 nitrogen and oxygen atoms in total. The molecule has 2 aliphatic heterocycles. The van der Waals surface area contributed by atoms with Gasteiger partial charge < -0.3 is 15.1 Å². The van der Waals surface area contributed by atoms with Gasteiger partial charge in [-0.1, -0.05) is 42.0 Å². The largest absolute Gasteiger partial charge is 0.336 e. The van der Waals surface area contributed by atoms with Crippen molar-refractivity contribution in [1.29, 1.82) is 0 Å². The van der Waals surface area contributed by atoms with Crippen molar-refractivity contribution in [2.75, 3.05) is 18.4 Å². The number of urea groups is 1. The Morgan fingerprint density at radius 3 is 2.62 bits per heavy atom. The Kier molecular flexibility index (Phi) is 5.26. The Hall–Kier alpha value is -2.89. The minimum Gasteiger partial charge on any atom is -0.336 e. The lowest BCUT2D eigenvalue weighted by Crippen LogP contribution is -2.50. The lowest BCUT2D eigenvalue weighted by Gasteiger charge is -2.33. The Bertz CT molecular complexity index is 945. The van der Waals surface area contributed by atoms with E-state index in [-0.39, 0.29) is 18.9 Å². The summed E-state index contributed by atoms with van der Waals surface area (Å²) < 4.78 is 14.2. The molecule has 0 unspecified atom stereocenters. The molecule has 0 aliphatic carbocycles. The summed E-state index contributed by atoms with van der Waals surface area (Å²) in [6.07, 6.45) is -0.356. The van der Waals surface area contributed by atoms with E-state index in [1.54, 1.807) is 4.90 Å². The van der Waals surface area contributed by atoms with Crippen LogP contribution in [0.4, 0.5) is 14.9 Å². The van der Waals surface area contributed by atoms with E-state index in [4.69, 9.17) is 0 Å². The molecule has 3 amide bonds. The van der Waals surface area contributed by atoms with Gasteiger partial charge in [-0.3, -0.25) is 4.79 Å². The van der Waals surface area contributed by atoms with Crippen molar-refractivity contribution >= 4 is 17.6 Å². The number of nitrogens with one attached hydrogen (secondary N) is 1. The molecular formula is C23H26FN3O2. The second-order valence-corrected chi connectivity index (χ2v) is 8.03. The lowest BCUT2D eigenvalue weighted by atomic mass is 9.99. The molecular weight excluding hydrogens is 369 g/mol. The van der Waals surface area contributed by atoms with Gasteiger partial charge in [0.2, 0.25) is 5.91 Å². The molecule has 1 fully saturated rings. The maximum absolute atomic E-state index is 14.2. The summed E-state index contributed by atoms with van der Waals surface area (Å²) in [5.41, 5.74) is 5.08. The highest BCUT2D eigenvalue weighted by molar-refractivity contribution is 5.95. The zero-order chi connectivity index (χ0) is 20.5. The Morgan fingerprint density at radius 2 is 1.86 bits per heavy atom. The van der Waals surface area contributed by atoms with E-state index in [1.807, 2.05) is 50.2 Å². The molecule has 4 rings (SSSR count). The van der Waals surface area contributed by atoms with Crippen molar-refractivity contribution in [3.63, 3.8) is 0 Å². The molecule has 2 atom stereocenters. The minimum absolute atomic E-state index is 0.0529. The molecule has 1 N–H and O–H groups in total. The predicted octanol–water partition coefficient (Wildman–Crippen LogP) is 3.83. The maximum Gasteiger partial charge on any atom is 0.322 e. The van der Waals surface area contributed by atoms with Gasteiger partial charge in [0.25, 0.3) is 0 Å². The Morgan fingerprint density at radius 1 is 1.10 bits per heavy atom. The highest BCUT2D eigenvalue weighted by Crippen LogP contribution is 2.27. The van der Waals surface area contributed by atoms with Crippen LogP contribution in [-0.4, -0.2) is 47.0 Å². The zero-order valence-electron chi connectivity index (χ0n) is 16.8. The molecule has 0 spiro atoms. The van der Waals surface area contributed by atoms with Crippen LogP contribution in [0.5, 0.6) is 0 Å². The minimum atomic E-state index is -1.19. The zero-order valence-corrected chi connectivity index (χ0v) is 16.8. The Balaban J connectivity index is 1.49. The molecule has 0 aromatic heterocycles. The van der Waals surface area contributed by atoms with Gasteiger partial charge >= 0.3 is 6.03 Å². The smallest absolute Gasteiger partial charge is 0.322 e. The number of nitrogens with zero attached hydrogens (tertiary/aromatic N) is 2. The van der Waals surface area contributed by atoms with Crippen LogP contribution in [0, 0.1) is 13.8 Å². The average Bonchev–Trinajstić information content (AvgIpc) is 3.11. The van der Waals surface area contributed by atoms with Crippen LogP contribution in [0.15, 0.2) is 42.5 Å². The van der Waals surface area contributed by atoms with Crippen molar-refractivity contribution in [3.8, 4) is 0 Å². The van der Waals surface area contributed by atoms with Gasteiger partial charge in [0.15, 0.2) is 0 Å². The molecule has 6 heteroatoms. The van der Waals surface area contributed by atoms with Crippen LogP contribution in [-0.2, 0) is 17.8 Å². The molecule has 0 saturated carbocycles. The average molecular weight is 395 g/mol. The number of likely N-dealkylation sites (tertiary alicyclic amines) is 1. The first-order chi connectivity index (χ1) is 13.9. The fourth-order valence-electron chi connectivity index (χ4n) is 4.28. The van der Waals surface area contributed by atoms with E-state index >= 15 is 0 Å². The van der Waals surface area contributed by atoms with E-state index < -0.39 is 18.2 Å². The second-order valence-electron chi connectivity index (χ2n) is 8.03. The molecule has 0 radical (unpaired) electrons. The summed E-state index contributed by atoms with van der Waals surface area (Å²) in [5.74, 6) is -0.171. The first kappa shape index (κ1) is 19.4. The summed E-state index contributed by atoms with van der Waals surface area (Å²) in [4.78, 5) is 29.1. The number of hydrogen-bond donors (Lipinski definition) is 1. The number of benzene rings is 2. The van der Waals surface area contributed by atoms with Crippen LogP contribution in [0.25, 0.3) is 0 Å². The number of alkyl halides is 1. The first-order valence-corrected chi connectivity index (χ1v) is 10.1. The van der Waals surface area contributed by atoms with Crippen LogP contribution < -0.4 is 5.32 Å². The second kappa shape index (κ2) is 7.85. The van der Waals surface area contributed by atoms with Crippen molar-refractivity contribution in [2.45, 2.75) is 45.4 Å². The van der Waals surface area contributed by atoms with E-state index in [0.717, 1.165) is 23.1 Å². The molecule has 2 heterocycles. The van der Waals surface area contributed by atoms with E-state index in [9.17, 15) is 14.0 Å². The predicted molar refractivity (Wildman–Crippen MR) is 111 cm³/mol. The molecule has 2 aromatic carbocycles. The molecule has 1 saturated heterocycles. The summed E-state index contributed by atoms with van der Waals surface area (Å²) in [6, 6.07) is 12.6. The van der Waals surface area contributed by atoms with E-state index in [2.05, 4.69) is 11.4 Å². The topological polar surface area (TPSA) is 52.7 Å². The van der Waals surface area contributed by atoms with Crippen molar-refractivity contribution in [3.05, 3.63) is 64.7 Å². The lowest BCUT2D eigenvalue weighted by molar-refractivity contribution is -0.136. The molecule has 0 bridgehead atoms. The third-order valence-corrected chi connectivity index (χ3v) is 5.86. The Labute approximate surface area is 170 Å². The van der Waals surface area contributed by atoms with Gasteiger partial charge in [0.05, 0.1) is 6.54 Å². The molecule has 29 heavy (non-hydrogen) atoms. The van der Waals surface area contributed by atoms with Crippen LogP contribution in [0.2, 0.25) is 0 Å². The summed E-state index contributed by atoms with van der Waals surface area (Å²) >= 11 is 0. The first-order valence-electron chi connectivity index (χ1n) is 10.1. The van der Waals surface area contributed by atoms with Crippen molar-refractivity contribution in [2.24, 2.45) is 0 Å². The number of anilines is 1. The highest BCUT2D eigenvalue weighted by Gasteiger charge is 2.42. The maximum atomic E-state index is 14.2. The fraction of sp³-hybridized carbons (Fsp3) is 0.391. The SMILES string of the molecule is Cc1ccc(NC(=O)N2C[C@@H](F)C[C@H]2C(=O)N2CCc3ccccc3C2)c(C)c1. The summed E-state index contributed by atoms with van der Waals surface area (Å²) in [7, 11) is 0. The standard InChI is InChI=1S/C23H26FN3O2/c1-15-7-8-20(16(2)11-15)25-23(29)27-14-19(24)12-21(27)22(28)26-10-9-17-5-3-4-6-18(17)13-26/h3-8,11,19,21H,9-10,12-14H2,1-2H3,(H,25,29)/t19-,21-/m0/s1. The van der Waals surface area contributed by atoms with Crippen LogP contribution >= 0.6 is 0 Å². The third kappa shape index (κ3) is 3.97. The monoisotopic (exact) mass is 395 g/mol. The number of rotatable bonds is 2. The van der Waals surface area contributed by atoms with Gasteiger partial charge in [-0.2, -0.15) is 0 Å². The number of aryl methyl sites for hydroxylation is 2. The summed E-state index contributed by atoms with van der Waals surface area (Å²) in [5, 5.41) is 2.85. The van der Waals surface area contributed by atoms with E-state index in [1.165, 1.54) is 10.5 Å². The number of carbonyl (C=O) groups is 2. The quantitative estimate of drug-likeness (QED) is 0.840. The van der Waals surface area contributed by atoms with Gasteiger partial charge in [0, 0.05) is 25.2 Å². The number of amides is 3. The van der Waals surface area contributed by atoms with Gasteiger partial charge in [0.1, 0.15) is 12.2 Å². The number of halogens is 1. The van der Waals surface area contributed by atoms with Crippen LogP contribution in [0.3, 0.4) is 0 Å². The van der Waals surface area contributed by atoms with Gasteiger partial charge in [-0.05, 0) is 43.0 Å². The normalized spacial score (nSPS) is 21.1. The number of hydrogen-bond acceptors (Lipinski definition) is 2.